The first kappa shape index (κ1) is 11.0. The van der Waals surface area contributed by atoms with E-state index in [-0.39, 0.29) is 0 Å². The van der Waals surface area contributed by atoms with E-state index in [1.807, 2.05) is 0 Å². The molecule has 0 N–H and O–H groups in total. The van der Waals surface area contributed by atoms with Gasteiger partial charge in [-0.25, -0.2) is 0 Å². The molecule has 0 amide bonds. The highest BCUT2D eigenvalue weighted by Gasteiger charge is 2.12. The third-order valence-corrected chi connectivity index (χ3v) is 2.97. The fourth-order valence-corrected chi connectivity index (χ4v) is 1.89. The second kappa shape index (κ2) is 5.61. The summed E-state index contributed by atoms with van der Waals surface area (Å²) in [5, 5.41) is 0. The molecule has 78 valence electrons. The molecule has 0 bridgehead atoms. The molecule has 1 atom stereocenters. The van der Waals surface area contributed by atoms with Crippen molar-refractivity contribution in [2.24, 2.45) is 5.92 Å². The first-order chi connectivity index (χ1) is 6.18. The minimum Gasteiger partial charge on any atom is -0.308 e. The van der Waals surface area contributed by atoms with E-state index in [1.165, 1.54) is 45.4 Å². The lowest BCUT2D eigenvalue weighted by atomic mass is 10.0. The van der Waals surface area contributed by atoms with Crippen molar-refractivity contribution in [3.8, 4) is 0 Å². The van der Waals surface area contributed by atoms with Gasteiger partial charge >= 0.3 is 0 Å². The lowest BCUT2D eigenvalue weighted by molar-refractivity contribution is 0.246. The molecule has 1 aliphatic rings. The van der Waals surface area contributed by atoms with Crippen molar-refractivity contribution in [1.29, 1.82) is 0 Å². The number of likely N-dealkylation sites (tertiary alicyclic amines) is 1. The summed E-state index contributed by atoms with van der Waals surface area (Å²) in [6, 6.07) is 0. The lowest BCUT2D eigenvalue weighted by Crippen LogP contribution is -2.32. The number of likely N-dealkylation sites (N-methyl/N-ethyl adjacent to an activating group) is 1. The van der Waals surface area contributed by atoms with Gasteiger partial charge < -0.3 is 9.80 Å². The molecular formula is C11H24N2. The van der Waals surface area contributed by atoms with Crippen molar-refractivity contribution in [1.82, 2.24) is 9.80 Å². The van der Waals surface area contributed by atoms with E-state index in [9.17, 15) is 0 Å². The normalized spacial score (nSPS) is 26.3. The van der Waals surface area contributed by atoms with Crippen LogP contribution >= 0.6 is 0 Å². The number of rotatable bonds is 3. The number of hydrogen-bond donors (Lipinski definition) is 0. The molecule has 1 aliphatic heterocycles. The Morgan fingerprint density at radius 1 is 1.23 bits per heavy atom. The lowest BCUT2D eigenvalue weighted by Gasteiger charge is -2.21. The minimum atomic E-state index is 0.948. The van der Waals surface area contributed by atoms with Gasteiger partial charge in [0.25, 0.3) is 0 Å². The van der Waals surface area contributed by atoms with Crippen molar-refractivity contribution in [2.45, 2.75) is 26.2 Å². The molecular weight excluding hydrogens is 160 g/mol. The highest BCUT2D eigenvalue weighted by molar-refractivity contribution is 4.67. The largest absolute Gasteiger partial charge is 0.308 e. The molecule has 0 aromatic heterocycles. The summed E-state index contributed by atoms with van der Waals surface area (Å²) in [6.07, 6.45) is 4.22. The molecule has 0 saturated carbocycles. The summed E-state index contributed by atoms with van der Waals surface area (Å²) >= 11 is 0. The first-order valence-corrected chi connectivity index (χ1v) is 5.55. The molecule has 0 radical (unpaired) electrons. The monoisotopic (exact) mass is 184 g/mol. The topological polar surface area (TPSA) is 6.48 Å². The Labute approximate surface area is 82.9 Å². The molecule has 0 aliphatic carbocycles. The third-order valence-electron chi connectivity index (χ3n) is 2.97. The summed E-state index contributed by atoms with van der Waals surface area (Å²) in [6.45, 7) is 7.47. The Morgan fingerprint density at radius 3 is 2.69 bits per heavy atom. The van der Waals surface area contributed by atoms with Crippen molar-refractivity contribution < 1.29 is 0 Å². The van der Waals surface area contributed by atoms with Crippen LogP contribution in [0.2, 0.25) is 0 Å². The Kier molecular flexibility index (Phi) is 4.74. The van der Waals surface area contributed by atoms with E-state index >= 15 is 0 Å². The molecule has 0 aromatic carbocycles. The maximum Gasteiger partial charge on any atom is 0.0109 e. The Bertz CT molecular complexity index is 134. The van der Waals surface area contributed by atoms with Gasteiger partial charge in [0.05, 0.1) is 0 Å². The smallest absolute Gasteiger partial charge is 0.0109 e. The van der Waals surface area contributed by atoms with Crippen LogP contribution in [0.25, 0.3) is 0 Å². The fraction of sp³-hybridized carbons (Fsp3) is 1.00. The first-order valence-electron chi connectivity index (χ1n) is 5.55. The van der Waals surface area contributed by atoms with Gasteiger partial charge in [-0.05, 0) is 52.4 Å². The maximum absolute atomic E-state index is 2.61. The zero-order chi connectivity index (χ0) is 9.68. The summed E-state index contributed by atoms with van der Waals surface area (Å²) in [5.74, 6) is 0.948. The minimum absolute atomic E-state index is 0.948. The highest BCUT2D eigenvalue weighted by Crippen LogP contribution is 2.15. The van der Waals surface area contributed by atoms with Crippen molar-refractivity contribution in [2.75, 3.05) is 40.3 Å². The predicted octanol–water partition coefficient (Wildman–Crippen LogP) is 1.67. The predicted molar refractivity (Wildman–Crippen MR) is 58.0 cm³/mol. The molecule has 2 nitrogen and oxygen atoms in total. The van der Waals surface area contributed by atoms with Gasteiger partial charge in [0.15, 0.2) is 0 Å². The van der Waals surface area contributed by atoms with Crippen LogP contribution in [-0.4, -0.2) is 50.1 Å². The van der Waals surface area contributed by atoms with E-state index in [0.717, 1.165) is 5.92 Å². The van der Waals surface area contributed by atoms with Crippen LogP contribution < -0.4 is 0 Å². The molecule has 0 spiro atoms. The van der Waals surface area contributed by atoms with Crippen molar-refractivity contribution >= 4 is 0 Å². The van der Waals surface area contributed by atoms with Crippen LogP contribution in [0.3, 0.4) is 0 Å². The molecule has 0 aromatic rings. The van der Waals surface area contributed by atoms with Crippen molar-refractivity contribution in [3.05, 3.63) is 0 Å². The summed E-state index contributed by atoms with van der Waals surface area (Å²) < 4.78 is 0. The summed E-state index contributed by atoms with van der Waals surface area (Å²) in [4.78, 5) is 4.89. The van der Waals surface area contributed by atoms with Gasteiger partial charge in [0.1, 0.15) is 0 Å². The standard InChI is InChI=1S/C11H24N2/c1-11-5-4-7-13(8-6-11)10-9-12(2)3/h11H,4-10H2,1-3H3. The summed E-state index contributed by atoms with van der Waals surface area (Å²) in [5.41, 5.74) is 0. The van der Waals surface area contributed by atoms with Gasteiger partial charge in [0, 0.05) is 13.1 Å². The van der Waals surface area contributed by atoms with Gasteiger partial charge in [0.2, 0.25) is 0 Å². The van der Waals surface area contributed by atoms with E-state index in [2.05, 4.69) is 30.8 Å². The van der Waals surface area contributed by atoms with Crippen LogP contribution in [-0.2, 0) is 0 Å². The Morgan fingerprint density at radius 2 is 2.00 bits per heavy atom. The van der Waals surface area contributed by atoms with Crippen LogP contribution in [0.1, 0.15) is 26.2 Å². The zero-order valence-corrected chi connectivity index (χ0v) is 9.42. The zero-order valence-electron chi connectivity index (χ0n) is 9.42. The third kappa shape index (κ3) is 4.63. The van der Waals surface area contributed by atoms with Gasteiger partial charge in [-0.15, -0.1) is 0 Å². The van der Waals surface area contributed by atoms with E-state index < -0.39 is 0 Å². The summed E-state index contributed by atoms with van der Waals surface area (Å²) in [7, 11) is 4.31. The van der Waals surface area contributed by atoms with Gasteiger partial charge in [-0.1, -0.05) is 6.92 Å². The van der Waals surface area contributed by atoms with Crippen LogP contribution in [0.4, 0.5) is 0 Å². The van der Waals surface area contributed by atoms with Crippen LogP contribution in [0.15, 0.2) is 0 Å². The van der Waals surface area contributed by atoms with E-state index in [4.69, 9.17) is 0 Å². The average molecular weight is 184 g/mol. The van der Waals surface area contributed by atoms with Gasteiger partial charge in [-0.3, -0.25) is 0 Å². The number of hydrogen-bond acceptors (Lipinski definition) is 2. The Balaban J connectivity index is 2.18. The maximum atomic E-state index is 2.61. The molecule has 2 heteroatoms. The molecule has 13 heavy (non-hydrogen) atoms. The van der Waals surface area contributed by atoms with Crippen LogP contribution in [0.5, 0.6) is 0 Å². The molecule has 1 unspecified atom stereocenters. The van der Waals surface area contributed by atoms with E-state index in [1.54, 1.807) is 0 Å². The number of nitrogens with zero attached hydrogens (tertiary/aromatic N) is 2. The van der Waals surface area contributed by atoms with E-state index in [0.29, 0.717) is 0 Å². The fourth-order valence-electron chi connectivity index (χ4n) is 1.89. The molecule has 1 saturated heterocycles. The quantitative estimate of drug-likeness (QED) is 0.658. The van der Waals surface area contributed by atoms with Crippen LogP contribution in [0, 0.1) is 5.92 Å². The molecule has 1 rings (SSSR count). The average Bonchev–Trinajstić information content (AvgIpc) is 2.27. The van der Waals surface area contributed by atoms with Gasteiger partial charge in [-0.2, -0.15) is 0 Å². The molecule has 1 fully saturated rings. The second-order valence-corrected chi connectivity index (χ2v) is 4.68. The van der Waals surface area contributed by atoms with Crippen molar-refractivity contribution in [3.63, 3.8) is 0 Å². The Hall–Kier alpha value is -0.0800. The SMILES string of the molecule is CC1CCCN(CCN(C)C)CC1. The highest BCUT2D eigenvalue weighted by atomic mass is 15.2. The molecule has 1 heterocycles. The second-order valence-electron chi connectivity index (χ2n) is 4.68.